The van der Waals surface area contributed by atoms with Crippen molar-refractivity contribution in [2.75, 3.05) is 5.73 Å². The topological polar surface area (TPSA) is 153 Å². The number of ketones is 1. The van der Waals surface area contributed by atoms with Crippen LogP contribution in [-0.2, 0) is 0 Å². The first-order chi connectivity index (χ1) is 17.3. The molecule has 2 heterocycles. The van der Waals surface area contributed by atoms with Gasteiger partial charge in [-0.3, -0.25) is 9.59 Å². The maximum absolute atomic E-state index is 13.2. The van der Waals surface area contributed by atoms with Gasteiger partial charge in [0.1, 0.15) is 17.3 Å². The first-order valence-corrected chi connectivity index (χ1v) is 11.0. The van der Waals surface area contributed by atoms with E-state index < -0.39 is 5.91 Å². The monoisotopic (exact) mass is 496 g/mol. The van der Waals surface area contributed by atoms with Crippen LogP contribution in [0, 0.1) is 11.3 Å². The van der Waals surface area contributed by atoms with E-state index in [1.807, 2.05) is 0 Å². The highest BCUT2D eigenvalue weighted by Gasteiger charge is 2.21. The number of nitrogens with zero attached hydrogens (tertiary/aromatic N) is 3. The summed E-state index contributed by atoms with van der Waals surface area (Å²) in [5.74, 6) is 0.123. The lowest BCUT2D eigenvalue weighted by Gasteiger charge is -2.10. The molecule has 0 unspecified atom stereocenters. The predicted octanol–water partition coefficient (Wildman–Crippen LogP) is 4.58. The third kappa shape index (κ3) is 4.13. The second-order valence-electron chi connectivity index (χ2n) is 7.89. The maximum atomic E-state index is 13.2. The Hall–Kier alpha value is -5.07. The Morgan fingerprint density at radius 1 is 1.06 bits per heavy atom. The van der Waals surface area contributed by atoms with E-state index in [1.165, 1.54) is 10.9 Å². The Labute approximate surface area is 209 Å². The number of benzene rings is 3. The Balaban J connectivity index is 1.42. The van der Waals surface area contributed by atoms with Crippen LogP contribution in [0.5, 0.6) is 11.5 Å². The van der Waals surface area contributed by atoms with Gasteiger partial charge in [0.25, 0.3) is 0 Å². The molecule has 36 heavy (non-hydrogen) atoms. The number of H-pyrrole nitrogens is 1. The number of rotatable bonds is 6. The number of fused-ring (bicyclic) bond motifs is 1. The summed E-state index contributed by atoms with van der Waals surface area (Å²) >= 11 is 6.48. The minimum Gasteiger partial charge on any atom is -0.457 e. The third-order valence-corrected chi connectivity index (χ3v) is 5.85. The number of nitrogen functional groups attached to an aromatic ring is 1. The van der Waals surface area contributed by atoms with Crippen LogP contribution < -0.4 is 16.2 Å². The number of hydrogen-bond donors (Lipinski definition) is 3. The number of nitriles is 1. The molecule has 0 aliphatic rings. The van der Waals surface area contributed by atoms with Crippen molar-refractivity contribution in [1.29, 1.82) is 5.26 Å². The Kier molecular flexibility index (Phi) is 5.64. The number of primary amides is 1. The van der Waals surface area contributed by atoms with E-state index in [2.05, 4.69) is 16.2 Å². The molecule has 5 aromatic rings. The molecule has 0 aliphatic carbocycles. The van der Waals surface area contributed by atoms with E-state index in [9.17, 15) is 9.59 Å². The van der Waals surface area contributed by atoms with E-state index in [4.69, 9.17) is 33.1 Å². The average molecular weight is 497 g/mol. The molecule has 0 spiro atoms. The van der Waals surface area contributed by atoms with E-state index in [0.717, 1.165) is 0 Å². The number of amides is 1. The zero-order valence-electron chi connectivity index (χ0n) is 18.5. The van der Waals surface area contributed by atoms with Crippen molar-refractivity contribution in [2.24, 2.45) is 5.73 Å². The average Bonchev–Trinajstić information content (AvgIpc) is 3.47. The van der Waals surface area contributed by atoms with Crippen molar-refractivity contribution in [3.63, 3.8) is 0 Å². The largest absolute Gasteiger partial charge is 0.457 e. The van der Waals surface area contributed by atoms with Gasteiger partial charge in [-0.15, -0.1) is 0 Å². The first-order valence-electron chi connectivity index (χ1n) is 10.6. The number of anilines is 1. The molecule has 0 saturated carbocycles. The lowest BCUT2D eigenvalue weighted by atomic mass is 10.1. The summed E-state index contributed by atoms with van der Waals surface area (Å²) in [6.45, 7) is 0. The van der Waals surface area contributed by atoms with Crippen molar-refractivity contribution < 1.29 is 14.3 Å². The highest BCUT2D eigenvalue weighted by Crippen LogP contribution is 2.31. The van der Waals surface area contributed by atoms with Crippen LogP contribution in [0.2, 0.25) is 5.02 Å². The van der Waals surface area contributed by atoms with Gasteiger partial charge in [0.15, 0.2) is 0 Å². The molecule has 0 atom stereocenters. The lowest BCUT2D eigenvalue weighted by Crippen LogP contribution is -2.10. The van der Waals surface area contributed by atoms with E-state index in [-0.39, 0.29) is 22.9 Å². The normalized spacial score (nSPS) is 10.8. The van der Waals surface area contributed by atoms with E-state index in [1.54, 1.807) is 66.7 Å². The fraction of sp³-hybridized carbons (Fsp3) is 0. The molecule has 0 radical (unpaired) electrons. The van der Waals surface area contributed by atoms with Crippen molar-refractivity contribution in [1.82, 2.24) is 14.8 Å². The van der Waals surface area contributed by atoms with Gasteiger partial charge in [-0.05, 0) is 54.6 Å². The maximum Gasteiger partial charge on any atom is 0.248 e. The van der Waals surface area contributed by atoms with E-state index >= 15 is 0 Å². The molecule has 176 valence electrons. The number of ether oxygens (including phenoxy) is 1. The first kappa shape index (κ1) is 22.7. The Bertz CT molecular complexity index is 1710. The summed E-state index contributed by atoms with van der Waals surface area (Å²) in [6, 6.07) is 20.2. The number of nitrogens with two attached hydrogens (primary N) is 2. The van der Waals surface area contributed by atoms with Gasteiger partial charge in [0, 0.05) is 22.5 Å². The number of halogens is 1. The molecule has 0 saturated heterocycles. The summed E-state index contributed by atoms with van der Waals surface area (Å²) in [7, 11) is 0. The molecule has 5 N–H and O–H groups in total. The number of aromatic amines is 1. The van der Waals surface area contributed by atoms with Crippen molar-refractivity contribution >= 4 is 40.0 Å². The standard InChI is InChI=1S/C26H17ClN6O3/c27-20-11-18(36-17-3-1-2-14(8-17)12-28)5-7-23(20)33-25(29)19(13-31-33)24(34)22-10-16-9-15(26(30)35)4-6-21(16)32-22/h1-11,13,32H,29H2,(H2,30,35). The van der Waals surface area contributed by atoms with Gasteiger partial charge in [-0.2, -0.15) is 10.4 Å². The van der Waals surface area contributed by atoms with Gasteiger partial charge in [0.05, 0.1) is 39.8 Å². The van der Waals surface area contributed by atoms with Gasteiger partial charge in [-0.1, -0.05) is 17.7 Å². The van der Waals surface area contributed by atoms with Crippen molar-refractivity contribution in [3.8, 4) is 23.3 Å². The van der Waals surface area contributed by atoms with Crippen LogP contribution in [0.15, 0.2) is 72.9 Å². The molecule has 0 fully saturated rings. The molecular formula is C26H17ClN6O3. The lowest BCUT2D eigenvalue weighted by molar-refractivity contribution is 0.0998. The minimum atomic E-state index is -0.555. The van der Waals surface area contributed by atoms with Crippen molar-refractivity contribution in [2.45, 2.75) is 0 Å². The molecule has 10 heteroatoms. The summed E-state index contributed by atoms with van der Waals surface area (Å²) in [6.07, 6.45) is 1.37. The highest BCUT2D eigenvalue weighted by molar-refractivity contribution is 6.32. The number of carbonyl (C=O) groups is 2. The summed E-state index contributed by atoms with van der Waals surface area (Å²) in [5, 5.41) is 14.3. The molecule has 1 amide bonds. The predicted molar refractivity (Wildman–Crippen MR) is 134 cm³/mol. The fourth-order valence-corrected chi connectivity index (χ4v) is 4.02. The quantitative estimate of drug-likeness (QED) is 0.292. The minimum absolute atomic E-state index is 0.105. The van der Waals surface area contributed by atoms with Crippen LogP contribution in [-0.4, -0.2) is 26.5 Å². The zero-order valence-corrected chi connectivity index (χ0v) is 19.3. The molecule has 9 nitrogen and oxygen atoms in total. The summed E-state index contributed by atoms with van der Waals surface area (Å²) in [5.41, 5.74) is 14.0. The zero-order chi connectivity index (χ0) is 25.4. The second-order valence-corrected chi connectivity index (χ2v) is 8.30. The summed E-state index contributed by atoms with van der Waals surface area (Å²) < 4.78 is 7.16. The molecule has 0 bridgehead atoms. The van der Waals surface area contributed by atoms with Crippen LogP contribution in [0.4, 0.5) is 5.82 Å². The molecule has 5 rings (SSSR count). The smallest absolute Gasteiger partial charge is 0.248 e. The second kappa shape index (κ2) is 8.94. The van der Waals surface area contributed by atoms with Gasteiger partial charge >= 0.3 is 0 Å². The van der Waals surface area contributed by atoms with Gasteiger partial charge in [-0.25, -0.2) is 4.68 Å². The third-order valence-electron chi connectivity index (χ3n) is 5.55. The Morgan fingerprint density at radius 3 is 2.61 bits per heavy atom. The number of aromatic nitrogens is 3. The summed E-state index contributed by atoms with van der Waals surface area (Å²) in [4.78, 5) is 27.6. The number of nitrogens with one attached hydrogen (secondary N) is 1. The SMILES string of the molecule is N#Cc1cccc(Oc2ccc(-n3ncc(C(=O)c4cc5cc(C(N)=O)ccc5[nH]4)c3N)c(Cl)c2)c1. The van der Waals surface area contributed by atoms with Crippen LogP contribution in [0.1, 0.15) is 32.0 Å². The van der Waals surface area contributed by atoms with Crippen LogP contribution in [0.25, 0.3) is 16.6 Å². The molecule has 0 aliphatic heterocycles. The Morgan fingerprint density at radius 2 is 1.86 bits per heavy atom. The molecular weight excluding hydrogens is 480 g/mol. The van der Waals surface area contributed by atoms with Crippen LogP contribution >= 0.6 is 11.6 Å². The molecule has 2 aromatic heterocycles. The number of hydrogen-bond acceptors (Lipinski definition) is 6. The highest BCUT2D eigenvalue weighted by atomic mass is 35.5. The number of carbonyl (C=O) groups excluding carboxylic acids is 2. The van der Waals surface area contributed by atoms with E-state index in [0.29, 0.717) is 44.2 Å². The molecule has 3 aromatic carbocycles. The fourth-order valence-electron chi connectivity index (χ4n) is 3.77. The van der Waals surface area contributed by atoms with Crippen molar-refractivity contribution in [3.05, 3.63) is 100 Å². The van der Waals surface area contributed by atoms with Crippen LogP contribution in [0.3, 0.4) is 0 Å². The van der Waals surface area contributed by atoms with Gasteiger partial charge in [0.2, 0.25) is 11.7 Å². The van der Waals surface area contributed by atoms with Gasteiger partial charge < -0.3 is 21.2 Å².